The fourth-order valence-corrected chi connectivity index (χ4v) is 3.06. The molecule has 0 amide bonds. The Kier molecular flexibility index (Phi) is 5.68. The number of hydrogen-bond donors (Lipinski definition) is 1. The molecule has 0 spiro atoms. The van der Waals surface area contributed by atoms with Gasteiger partial charge in [-0.25, -0.2) is 0 Å². The van der Waals surface area contributed by atoms with Gasteiger partial charge in [-0.2, -0.15) is 0 Å². The summed E-state index contributed by atoms with van der Waals surface area (Å²) >= 11 is 9.87. The van der Waals surface area contributed by atoms with E-state index in [1.54, 1.807) is 7.11 Å². The minimum Gasteiger partial charge on any atom is -0.495 e. The van der Waals surface area contributed by atoms with E-state index < -0.39 is 0 Å². The molecule has 0 aliphatic heterocycles. The molecule has 0 fully saturated rings. The third kappa shape index (κ3) is 3.60. The molecule has 21 heavy (non-hydrogen) atoms. The normalized spacial score (nSPS) is 12.2. The number of nitrogens with one attached hydrogen (secondary N) is 1. The highest BCUT2D eigenvalue weighted by atomic mass is 79.9. The lowest BCUT2D eigenvalue weighted by Gasteiger charge is -2.22. The summed E-state index contributed by atoms with van der Waals surface area (Å²) in [5, 5.41) is 4.16. The molecule has 0 aliphatic carbocycles. The highest BCUT2D eigenvalue weighted by Gasteiger charge is 2.17. The predicted molar refractivity (Wildman–Crippen MR) is 92.4 cm³/mol. The number of rotatable bonds is 5. The van der Waals surface area contributed by atoms with Gasteiger partial charge in [0, 0.05) is 4.47 Å². The summed E-state index contributed by atoms with van der Waals surface area (Å²) < 4.78 is 6.34. The van der Waals surface area contributed by atoms with Crippen molar-refractivity contribution in [2.24, 2.45) is 0 Å². The number of halogens is 2. The molecule has 1 unspecified atom stereocenters. The summed E-state index contributed by atoms with van der Waals surface area (Å²) in [7, 11) is 1.63. The fourth-order valence-electron chi connectivity index (χ4n) is 2.41. The smallest absolute Gasteiger partial charge is 0.137 e. The Morgan fingerprint density at radius 2 is 2.05 bits per heavy atom. The highest BCUT2D eigenvalue weighted by molar-refractivity contribution is 9.10. The van der Waals surface area contributed by atoms with E-state index >= 15 is 0 Å². The van der Waals surface area contributed by atoms with Crippen molar-refractivity contribution in [3.05, 3.63) is 62.6 Å². The molecule has 1 N–H and O–H groups in total. The number of ether oxygens (including phenoxy) is 1. The SMILES string of the molecule is CCNC(c1ccc(OC)c(Cl)c1)c1cccc(Br)c1C. The van der Waals surface area contributed by atoms with Crippen molar-refractivity contribution in [1.82, 2.24) is 5.32 Å². The van der Waals surface area contributed by atoms with Gasteiger partial charge in [0.05, 0.1) is 18.2 Å². The van der Waals surface area contributed by atoms with Crippen LogP contribution >= 0.6 is 27.5 Å². The first kappa shape index (κ1) is 16.3. The van der Waals surface area contributed by atoms with Crippen molar-refractivity contribution in [3.63, 3.8) is 0 Å². The Balaban J connectivity index is 2.48. The zero-order chi connectivity index (χ0) is 15.4. The molecule has 0 bridgehead atoms. The molecular formula is C17H19BrClNO. The molecular weight excluding hydrogens is 350 g/mol. The zero-order valence-electron chi connectivity index (χ0n) is 12.4. The Bertz CT molecular complexity index is 630. The van der Waals surface area contributed by atoms with Crippen molar-refractivity contribution in [3.8, 4) is 5.75 Å². The lowest BCUT2D eigenvalue weighted by molar-refractivity contribution is 0.414. The number of benzene rings is 2. The summed E-state index contributed by atoms with van der Waals surface area (Å²) in [6.07, 6.45) is 0. The van der Waals surface area contributed by atoms with Crippen LogP contribution in [0.2, 0.25) is 5.02 Å². The molecule has 2 aromatic carbocycles. The van der Waals surface area contributed by atoms with Gasteiger partial charge >= 0.3 is 0 Å². The van der Waals surface area contributed by atoms with Crippen LogP contribution in [0.5, 0.6) is 5.75 Å². The monoisotopic (exact) mass is 367 g/mol. The third-order valence-corrected chi connectivity index (χ3v) is 4.69. The van der Waals surface area contributed by atoms with E-state index in [9.17, 15) is 0 Å². The lowest BCUT2D eigenvalue weighted by Crippen LogP contribution is -2.22. The van der Waals surface area contributed by atoms with Gasteiger partial charge < -0.3 is 10.1 Å². The second kappa shape index (κ2) is 7.30. The van der Waals surface area contributed by atoms with Crippen LogP contribution in [0.15, 0.2) is 40.9 Å². The average Bonchev–Trinajstić information content (AvgIpc) is 2.48. The van der Waals surface area contributed by atoms with E-state index in [1.807, 2.05) is 12.1 Å². The summed E-state index contributed by atoms with van der Waals surface area (Å²) in [4.78, 5) is 0. The molecule has 0 heterocycles. The van der Waals surface area contributed by atoms with E-state index in [4.69, 9.17) is 16.3 Å². The van der Waals surface area contributed by atoms with Crippen LogP contribution in [0.1, 0.15) is 29.7 Å². The predicted octanol–water partition coefficient (Wildman–Crippen LogP) is 5.12. The fraction of sp³-hybridized carbons (Fsp3) is 0.294. The van der Waals surface area contributed by atoms with Crippen molar-refractivity contribution in [2.75, 3.05) is 13.7 Å². The van der Waals surface area contributed by atoms with Crippen LogP contribution in [0.4, 0.5) is 0 Å². The first-order chi connectivity index (χ1) is 10.1. The quantitative estimate of drug-likeness (QED) is 0.791. The van der Waals surface area contributed by atoms with Gasteiger partial charge in [-0.3, -0.25) is 0 Å². The van der Waals surface area contributed by atoms with Crippen LogP contribution in [-0.4, -0.2) is 13.7 Å². The van der Waals surface area contributed by atoms with Crippen LogP contribution < -0.4 is 10.1 Å². The molecule has 0 radical (unpaired) electrons. The van der Waals surface area contributed by atoms with Gasteiger partial charge in [0.25, 0.3) is 0 Å². The Morgan fingerprint density at radius 3 is 2.67 bits per heavy atom. The summed E-state index contributed by atoms with van der Waals surface area (Å²) in [6, 6.07) is 12.3. The van der Waals surface area contributed by atoms with E-state index in [1.165, 1.54) is 11.1 Å². The van der Waals surface area contributed by atoms with E-state index in [0.29, 0.717) is 10.8 Å². The minimum atomic E-state index is 0.107. The maximum atomic E-state index is 6.27. The molecule has 2 nitrogen and oxygen atoms in total. The second-order valence-corrected chi connectivity index (χ2v) is 6.10. The lowest BCUT2D eigenvalue weighted by atomic mass is 9.95. The van der Waals surface area contributed by atoms with E-state index in [0.717, 1.165) is 16.6 Å². The van der Waals surface area contributed by atoms with Crippen LogP contribution in [0.3, 0.4) is 0 Å². The Morgan fingerprint density at radius 1 is 1.29 bits per heavy atom. The molecule has 1 atom stereocenters. The Labute approximate surface area is 139 Å². The van der Waals surface area contributed by atoms with Crippen molar-refractivity contribution in [1.29, 1.82) is 0 Å². The highest BCUT2D eigenvalue weighted by Crippen LogP contribution is 2.33. The molecule has 2 aromatic rings. The molecule has 0 aromatic heterocycles. The standard InChI is InChI=1S/C17H19BrClNO/c1-4-20-17(13-6-5-7-14(18)11(13)2)12-8-9-16(21-3)15(19)10-12/h5-10,17,20H,4H2,1-3H3. The van der Waals surface area contributed by atoms with Crippen molar-refractivity contribution >= 4 is 27.5 Å². The van der Waals surface area contributed by atoms with Crippen LogP contribution in [0, 0.1) is 6.92 Å². The number of methoxy groups -OCH3 is 1. The molecule has 0 saturated carbocycles. The van der Waals surface area contributed by atoms with E-state index in [2.05, 4.69) is 59.4 Å². The van der Waals surface area contributed by atoms with Gasteiger partial charge in [0.1, 0.15) is 5.75 Å². The average molecular weight is 369 g/mol. The molecule has 4 heteroatoms. The largest absolute Gasteiger partial charge is 0.495 e. The minimum absolute atomic E-state index is 0.107. The third-order valence-electron chi connectivity index (χ3n) is 3.54. The van der Waals surface area contributed by atoms with Gasteiger partial charge in [0.2, 0.25) is 0 Å². The second-order valence-electron chi connectivity index (χ2n) is 4.84. The summed E-state index contributed by atoms with van der Waals surface area (Å²) in [6.45, 7) is 5.10. The topological polar surface area (TPSA) is 21.3 Å². The molecule has 112 valence electrons. The zero-order valence-corrected chi connectivity index (χ0v) is 14.8. The van der Waals surface area contributed by atoms with Gasteiger partial charge in [-0.1, -0.05) is 52.7 Å². The maximum absolute atomic E-state index is 6.27. The van der Waals surface area contributed by atoms with Crippen molar-refractivity contribution < 1.29 is 4.74 Å². The molecule has 0 aliphatic rings. The molecule has 2 rings (SSSR count). The van der Waals surface area contributed by atoms with Crippen molar-refractivity contribution in [2.45, 2.75) is 19.9 Å². The van der Waals surface area contributed by atoms with Gasteiger partial charge in [0.15, 0.2) is 0 Å². The first-order valence-electron chi connectivity index (χ1n) is 6.90. The number of hydrogen-bond acceptors (Lipinski definition) is 2. The van der Waals surface area contributed by atoms with Crippen LogP contribution in [0.25, 0.3) is 0 Å². The van der Waals surface area contributed by atoms with Gasteiger partial charge in [-0.05, 0) is 48.4 Å². The van der Waals surface area contributed by atoms with E-state index in [-0.39, 0.29) is 6.04 Å². The Hall–Kier alpha value is -1.03. The molecule has 0 saturated heterocycles. The summed E-state index contributed by atoms with van der Waals surface area (Å²) in [5.74, 6) is 0.696. The summed E-state index contributed by atoms with van der Waals surface area (Å²) in [5.41, 5.74) is 3.60. The first-order valence-corrected chi connectivity index (χ1v) is 8.07. The maximum Gasteiger partial charge on any atom is 0.137 e. The van der Waals surface area contributed by atoms with Crippen LogP contribution in [-0.2, 0) is 0 Å². The van der Waals surface area contributed by atoms with Gasteiger partial charge in [-0.15, -0.1) is 0 Å².